The summed E-state index contributed by atoms with van der Waals surface area (Å²) in [6.07, 6.45) is 1.21. The van der Waals surface area contributed by atoms with Gasteiger partial charge < -0.3 is 15.9 Å². The van der Waals surface area contributed by atoms with Crippen LogP contribution in [0.4, 0.5) is 17.3 Å². The quantitative estimate of drug-likeness (QED) is 0.450. The molecule has 0 amide bonds. The van der Waals surface area contributed by atoms with Crippen LogP contribution in [-0.2, 0) is 5.41 Å². The number of hydrogen-bond donors (Lipinski definition) is 4. The molecule has 0 spiro atoms. The first-order valence-electron chi connectivity index (χ1n) is 8.89. The SMILES string of the molecule is CC(C)(C)c1[nH]nc(N)c1N=Nc1c(C#N)cnn1-c1cc(C(=O)O)cc(C(=O)O)c1. The molecule has 158 valence electrons. The van der Waals surface area contributed by atoms with Crippen LogP contribution in [0.2, 0.25) is 0 Å². The molecule has 0 fully saturated rings. The van der Waals surface area contributed by atoms with E-state index in [2.05, 4.69) is 25.5 Å². The largest absolute Gasteiger partial charge is 0.478 e. The fourth-order valence-corrected chi connectivity index (χ4v) is 2.76. The summed E-state index contributed by atoms with van der Waals surface area (Å²) in [5, 5.41) is 47.1. The molecule has 0 aliphatic heterocycles. The van der Waals surface area contributed by atoms with Gasteiger partial charge in [-0.25, -0.2) is 14.3 Å². The molecule has 0 radical (unpaired) electrons. The van der Waals surface area contributed by atoms with Crippen LogP contribution in [0, 0.1) is 11.3 Å². The smallest absolute Gasteiger partial charge is 0.335 e. The molecule has 0 unspecified atom stereocenters. The van der Waals surface area contributed by atoms with E-state index in [0.29, 0.717) is 5.69 Å². The number of nitrogens with two attached hydrogens (primary N) is 1. The van der Waals surface area contributed by atoms with Gasteiger partial charge in [0.25, 0.3) is 0 Å². The molecule has 31 heavy (non-hydrogen) atoms. The average molecular weight is 422 g/mol. The first kappa shape index (κ1) is 21.2. The van der Waals surface area contributed by atoms with Gasteiger partial charge in [0.05, 0.1) is 28.7 Å². The van der Waals surface area contributed by atoms with Crippen molar-refractivity contribution < 1.29 is 19.8 Å². The number of carboxylic acid groups (broad SMARTS) is 2. The number of benzene rings is 1. The van der Waals surface area contributed by atoms with Crippen molar-refractivity contribution in [2.24, 2.45) is 10.2 Å². The molecule has 2 heterocycles. The minimum atomic E-state index is -1.32. The van der Waals surface area contributed by atoms with Gasteiger partial charge in [0.15, 0.2) is 17.3 Å². The Morgan fingerprint density at radius 3 is 2.29 bits per heavy atom. The van der Waals surface area contributed by atoms with E-state index in [0.717, 1.165) is 10.7 Å². The summed E-state index contributed by atoms with van der Waals surface area (Å²) in [6, 6.07) is 5.38. The van der Waals surface area contributed by atoms with E-state index in [-0.39, 0.29) is 45.1 Å². The molecule has 1 aromatic carbocycles. The average Bonchev–Trinajstić information content (AvgIpc) is 3.28. The van der Waals surface area contributed by atoms with E-state index in [1.54, 1.807) is 0 Å². The Hall–Kier alpha value is -4.53. The monoisotopic (exact) mass is 422 g/mol. The Balaban J connectivity index is 2.17. The Bertz CT molecular complexity index is 1220. The number of aromatic carboxylic acids is 2. The molecule has 12 nitrogen and oxygen atoms in total. The number of H-pyrrole nitrogens is 1. The van der Waals surface area contributed by atoms with Gasteiger partial charge in [-0.2, -0.15) is 15.5 Å². The van der Waals surface area contributed by atoms with Crippen LogP contribution in [0.1, 0.15) is 52.7 Å². The molecular weight excluding hydrogens is 404 g/mol. The van der Waals surface area contributed by atoms with Crippen molar-refractivity contribution in [3.63, 3.8) is 0 Å². The van der Waals surface area contributed by atoms with Crippen molar-refractivity contribution in [2.75, 3.05) is 5.73 Å². The van der Waals surface area contributed by atoms with Crippen LogP contribution in [0.5, 0.6) is 0 Å². The first-order chi connectivity index (χ1) is 14.5. The lowest BCUT2D eigenvalue weighted by Crippen LogP contribution is -2.11. The van der Waals surface area contributed by atoms with E-state index < -0.39 is 11.9 Å². The number of nitrogens with zero attached hydrogens (tertiary/aromatic N) is 6. The number of rotatable bonds is 5. The van der Waals surface area contributed by atoms with Crippen LogP contribution in [0.25, 0.3) is 5.69 Å². The van der Waals surface area contributed by atoms with E-state index in [1.165, 1.54) is 18.3 Å². The number of anilines is 1. The minimum Gasteiger partial charge on any atom is -0.478 e. The Labute approximate surface area is 175 Å². The lowest BCUT2D eigenvalue weighted by atomic mass is 9.91. The molecule has 0 saturated heterocycles. The zero-order chi connectivity index (χ0) is 22.9. The maximum atomic E-state index is 11.4. The summed E-state index contributed by atoms with van der Waals surface area (Å²) < 4.78 is 1.13. The van der Waals surface area contributed by atoms with Gasteiger partial charge in [-0.3, -0.25) is 5.10 Å². The van der Waals surface area contributed by atoms with Crippen LogP contribution >= 0.6 is 0 Å². The molecule has 3 aromatic rings. The number of carbonyl (C=O) groups is 2. The van der Waals surface area contributed by atoms with Crippen LogP contribution in [-0.4, -0.2) is 42.1 Å². The third-order valence-electron chi connectivity index (χ3n) is 4.28. The standard InChI is InChI=1S/C19H18N8O4/c1-19(2,3)14-13(15(21)25-24-14)23-26-16-11(7-20)8-22-27(16)12-5-9(17(28)29)4-10(6-12)18(30)31/h4-6,8H,1-3H3,(H,28,29)(H,30,31)(H3,21,24,25). The molecule has 0 atom stereocenters. The molecule has 0 aliphatic rings. The predicted molar refractivity (Wildman–Crippen MR) is 108 cm³/mol. The van der Waals surface area contributed by atoms with Crippen LogP contribution in [0.3, 0.4) is 0 Å². The number of azo groups is 1. The van der Waals surface area contributed by atoms with E-state index in [9.17, 15) is 25.1 Å². The predicted octanol–water partition coefficient (Wildman–Crippen LogP) is 3.16. The van der Waals surface area contributed by atoms with Crippen molar-refractivity contribution in [3.8, 4) is 11.8 Å². The molecule has 0 aliphatic carbocycles. The summed E-state index contributed by atoms with van der Waals surface area (Å²) >= 11 is 0. The number of nitrogen functional groups attached to an aromatic ring is 1. The zero-order valence-corrected chi connectivity index (χ0v) is 16.8. The number of nitriles is 1. The summed E-state index contributed by atoms with van der Waals surface area (Å²) in [7, 11) is 0. The van der Waals surface area contributed by atoms with Crippen LogP contribution < -0.4 is 5.73 Å². The van der Waals surface area contributed by atoms with Crippen molar-refractivity contribution in [1.29, 1.82) is 5.26 Å². The van der Waals surface area contributed by atoms with E-state index in [1.807, 2.05) is 26.8 Å². The van der Waals surface area contributed by atoms with E-state index >= 15 is 0 Å². The molecule has 0 saturated carbocycles. The van der Waals surface area contributed by atoms with Gasteiger partial charge in [-0.05, 0) is 18.2 Å². The second kappa shape index (κ2) is 7.71. The number of nitrogens with one attached hydrogen (secondary N) is 1. The second-order valence-corrected chi connectivity index (χ2v) is 7.57. The Morgan fingerprint density at radius 2 is 1.77 bits per heavy atom. The molecule has 3 rings (SSSR count). The van der Waals surface area contributed by atoms with Crippen LogP contribution in [0.15, 0.2) is 34.6 Å². The number of hydrogen-bond acceptors (Lipinski definition) is 8. The van der Waals surface area contributed by atoms with E-state index in [4.69, 9.17) is 5.73 Å². The second-order valence-electron chi connectivity index (χ2n) is 7.57. The molecule has 12 heteroatoms. The first-order valence-corrected chi connectivity index (χ1v) is 8.89. The van der Waals surface area contributed by atoms with Crippen molar-refractivity contribution >= 4 is 29.3 Å². The lowest BCUT2D eigenvalue weighted by molar-refractivity contribution is 0.0696. The summed E-state index contributed by atoms with van der Waals surface area (Å²) in [6.45, 7) is 5.78. The highest BCUT2D eigenvalue weighted by Crippen LogP contribution is 2.35. The van der Waals surface area contributed by atoms with Crippen molar-refractivity contribution in [3.05, 3.63) is 46.8 Å². The lowest BCUT2D eigenvalue weighted by Gasteiger charge is -2.16. The van der Waals surface area contributed by atoms with Gasteiger partial charge in [-0.15, -0.1) is 10.2 Å². The molecular formula is C19H18N8O4. The van der Waals surface area contributed by atoms with Crippen molar-refractivity contribution in [2.45, 2.75) is 26.2 Å². The van der Waals surface area contributed by atoms with Gasteiger partial charge in [-0.1, -0.05) is 20.8 Å². The van der Waals surface area contributed by atoms with Gasteiger partial charge >= 0.3 is 11.9 Å². The summed E-state index contributed by atoms with van der Waals surface area (Å²) in [5.41, 5.74) is 6.03. The van der Waals surface area contributed by atoms with Gasteiger partial charge in [0.1, 0.15) is 11.6 Å². The molecule has 0 bridgehead atoms. The van der Waals surface area contributed by atoms with Gasteiger partial charge in [0.2, 0.25) is 0 Å². The van der Waals surface area contributed by atoms with Crippen molar-refractivity contribution in [1.82, 2.24) is 20.0 Å². The molecule has 2 aromatic heterocycles. The highest BCUT2D eigenvalue weighted by molar-refractivity contribution is 5.94. The molecule has 5 N–H and O–H groups in total. The number of carboxylic acids is 2. The normalized spacial score (nSPS) is 11.5. The highest BCUT2D eigenvalue weighted by Gasteiger charge is 2.24. The fraction of sp³-hybridized carbons (Fsp3) is 0.211. The summed E-state index contributed by atoms with van der Waals surface area (Å²) in [4.78, 5) is 22.8. The highest BCUT2D eigenvalue weighted by atomic mass is 16.4. The third-order valence-corrected chi connectivity index (χ3v) is 4.28. The number of aromatic nitrogens is 4. The maximum absolute atomic E-state index is 11.4. The minimum absolute atomic E-state index is 0.0261. The Kier molecular flexibility index (Phi) is 5.27. The fourth-order valence-electron chi connectivity index (χ4n) is 2.76. The topological polar surface area (TPSA) is 196 Å². The Morgan fingerprint density at radius 1 is 1.16 bits per heavy atom. The summed E-state index contributed by atoms with van der Waals surface area (Å²) in [5.74, 6) is -2.55. The zero-order valence-electron chi connectivity index (χ0n) is 16.8. The maximum Gasteiger partial charge on any atom is 0.335 e. The van der Waals surface area contributed by atoms with Gasteiger partial charge in [0, 0.05) is 5.41 Å². The third kappa shape index (κ3) is 4.10. The number of aromatic amines is 1.